The number of aromatic nitrogens is 1. The van der Waals surface area contributed by atoms with Crippen LogP contribution < -0.4 is 0 Å². The summed E-state index contributed by atoms with van der Waals surface area (Å²) < 4.78 is 0.960. The highest BCUT2D eigenvalue weighted by Crippen LogP contribution is 2.37. The first-order chi connectivity index (χ1) is 10.6. The van der Waals surface area contributed by atoms with Crippen LogP contribution in [0.3, 0.4) is 0 Å². The van der Waals surface area contributed by atoms with Crippen molar-refractivity contribution < 1.29 is 10.0 Å². The first kappa shape index (κ1) is 14.4. The number of para-hydroxylation sites is 1. The lowest BCUT2D eigenvalue weighted by Crippen LogP contribution is -1.85. The van der Waals surface area contributed by atoms with Crippen LogP contribution in [0.5, 0.6) is 5.88 Å². The van der Waals surface area contributed by atoms with Crippen molar-refractivity contribution in [1.29, 1.82) is 0 Å². The fourth-order valence-electron chi connectivity index (χ4n) is 2.00. The molecule has 3 aromatic rings. The van der Waals surface area contributed by atoms with E-state index in [0.29, 0.717) is 11.4 Å². The van der Waals surface area contributed by atoms with Gasteiger partial charge in [0, 0.05) is 21.1 Å². The molecule has 0 aliphatic carbocycles. The average molecular weight is 408 g/mol. The predicted molar refractivity (Wildman–Crippen MR) is 90.0 cm³/mol. The average Bonchev–Trinajstić information content (AvgIpc) is 2.83. The summed E-state index contributed by atoms with van der Waals surface area (Å²) in [5, 5.41) is 29.4. The van der Waals surface area contributed by atoms with Gasteiger partial charge in [-0.25, -0.2) is 0 Å². The Kier molecular flexibility index (Phi) is 3.75. The Balaban J connectivity index is 1.97. The highest BCUT2D eigenvalue weighted by molar-refractivity contribution is 14.1. The van der Waals surface area contributed by atoms with E-state index in [1.54, 1.807) is 0 Å². The zero-order valence-corrected chi connectivity index (χ0v) is 13.2. The maximum atomic E-state index is 10.6. The van der Waals surface area contributed by atoms with Gasteiger partial charge in [0.05, 0.1) is 16.1 Å². The van der Waals surface area contributed by atoms with Gasteiger partial charge in [0.2, 0.25) is 5.88 Å². The number of aromatic amines is 1. The second-order valence-electron chi connectivity index (χ2n) is 4.46. The zero-order valence-electron chi connectivity index (χ0n) is 11.0. The minimum atomic E-state index is -0.478. The van der Waals surface area contributed by atoms with Crippen LogP contribution in [0.4, 0.5) is 17.1 Å². The Morgan fingerprint density at radius 2 is 1.86 bits per heavy atom. The highest BCUT2D eigenvalue weighted by Gasteiger charge is 2.12. The third-order valence-corrected chi connectivity index (χ3v) is 3.96. The molecule has 0 aliphatic heterocycles. The van der Waals surface area contributed by atoms with E-state index in [1.165, 1.54) is 24.3 Å². The van der Waals surface area contributed by atoms with Gasteiger partial charge in [0.15, 0.2) is 5.69 Å². The molecule has 0 amide bonds. The van der Waals surface area contributed by atoms with Crippen LogP contribution in [-0.2, 0) is 0 Å². The Morgan fingerprint density at radius 1 is 1.14 bits per heavy atom. The standard InChI is InChI=1S/C14H9IN4O3/c15-11-3-1-2-10-12(11)16-14(20)13(10)18-17-8-4-6-9(7-5-8)19(21)22/h1-7,16,20H. The molecule has 0 atom stereocenters. The van der Waals surface area contributed by atoms with Gasteiger partial charge < -0.3 is 10.1 Å². The molecule has 0 fully saturated rings. The van der Waals surface area contributed by atoms with Crippen LogP contribution in [-0.4, -0.2) is 15.0 Å². The van der Waals surface area contributed by atoms with Gasteiger partial charge in [-0.1, -0.05) is 12.1 Å². The molecule has 2 N–H and O–H groups in total. The maximum Gasteiger partial charge on any atom is 0.269 e. The number of H-pyrrole nitrogens is 1. The fraction of sp³-hybridized carbons (Fsp3) is 0. The number of non-ortho nitro benzene ring substituents is 1. The summed E-state index contributed by atoms with van der Waals surface area (Å²) in [5.74, 6) is -0.0650. The van der Waals surface area contributed by atoms with Gasteiger partial charge in [0.25, 0.3) is 5.69 Å². The molecule has 0 bridgehead atoms. The molecule has 3 rings (SSSR count). The summed E-state index contributed by atoms with van der Waals surface area (Å²) in [6.45, 7) is 0. The summed E-state index contributed by atoms with van der Waals surface area (Å²) >= 11 is 2.16. The number of rotatable bonds is 3. The van der Waals surface area contributed by atoms with Gasteiger partial charge in [-0.15, -0.1) is 5.11 Å². The molecule has 0 aliphatic rings. The van der Waals surface area contributed by atoms with E-state index in [0.717, 1.165) is 14.5 Å². The Hall–Kier alpha value is -2.49. The second-order valence-corrected chi connectivity index (χ2v) is 5.62. The number of benzene rings is 2. The van der Waals surface area contributed by atoms with Crippen molar-refractivity contribution in [1.82, 2.24) is 4.98 Å². The van der Waals surface area contributed by atoms with Crippen molar-refractivity contribution in [3.63, 3.8) is 0 Å². The topological polar surface area (TPSA) is 104 Å². The number of nitro groups is 1. The Bertz CT molecular complexity index is 887. The second kappa shape index (κ2) is 5.72. The van der Waals surface area contributed by atoms with Crippen LogP contribution in [0.25, 0.3) is 10.9 Å². The molecule has 0 spiro atoms. The third-order valence-electron chi connectivity index (χ3n) is 3.06. The summed E-state index contributed by atoms with van der Waals surface area (Å²) in [5.41, 5.74) is 1.58. The number of hydrogen-bond donors (Lipinski definition) is 2. The fourth-order valence-corrected chi connectivity index (χ4v) is 2.64. The van der Waals surface area contributed by atoms with Gasteiger partial charge in [0.1, 0.15) is 0 Å². The maximum absolute atomic E-state index is 10.6. The number of fused-ring (bicyclic) bond motifs is 1. The quantitative estimate of drug-likeness (QED) is 0.282. The van der Waals surface area contributed by atoms with E-state index in [-0.39, 0.29) is 11.6 Å². The van der Waals surface area contributed by atoms with E-state index in [1.807, 2.05) is 18.2 Å². The lowest BCUT2D eigenvalue weighted by molar-refractivity contribution is -0.384. The summed E-state index contributed by atoms with van der Waals surface area (Å²) in [6, 6.07) is 11.3. The molecular weight excluding hydrogens is 399 g/mol. The predicted octanol–water partition coefficient (Wildman–Crippen LogP) is 4.80. The van der Waals surface area contributed by atoms with Crippen molar-refractivity contribution in [2.45, 2.75) is 0 Å². The number of nitro benzene ring substituents is 1. The largest absolute Gasteiger partial charge is 0.493 e. The Labute approximate surface area is 138 Å². The van der Waals surface area contributed by atoms with Crippen molar-refractivity contribution in [2.75, 3.05) is 0 Å². The van der Waals surface area contributed by atoms with Crippen molar-refractivity contribution >= 4 is 50.6 Å². The number of halogens is 1. The van der Waals surface area contributed by atoms with E-state index in [4.69, 9.17) is 0 Å². The van der Waals surface area contributed by atoms with Crippen LogP contribution in [0.15, 0.2) is 52.7 Å². The van der Waals surface area contributed by atoms with Gasteiger partial charge in [-0.3, -0.25) is 10.1 Å². The summed E-state index contributed by atoms with van der Waals surface area (Å²) in [7, 11) is 0. The van der Waals surface area contributed by atoms with E-state index in [2.05, 4.69) is 37.8 Å². The molecule has 1 heterocycles. The molecule has 0 radical (unpaired) electrons. The van der Waals surface area contributed by atoms with Crippen LogP contribution in [0.1, 0.15) is 0 Å². The third kappa shape index (κ3) is 2.64. The van der Waals surface area contributed by atoms with Crippen LogP contribution in [0.2, 0.25) is 0 Å². The number of nitrogens with zero attached hydrogens (tertiary/aromatic N) is 3. The Morgan fingerprint density at radius 3 is 2.55 bits per heavy atom. The van der Waals surface area contributed by atoms with Gasteiger partial charge >= 0.3 is 0 Å². The zero-order chi connectivity index (χ0) is 15.7. The van der Waals surface area contributed by atoms with Crippen molar-refractivity contribution in [3.05, 3.63) is 56.1 Å². The molecule has 110 valence electrons. The molecule has 8 heteroatoms. The van der Waals surface area contributed by atoms with Crippen molar-refractivity contribution in [2.24, 2.45) is 10.2 Å². The van der Waals surface area contributed by atoms with E-state index < -0.39 is 4.92 Å². The van der Waals surface area contributed by atoms with Crippen LogP contribution >= 0.6 is 22.6 Å². The minimum Gasteiger partial charge on any atom is -0.493 e. The number of aromatic hydroxyl groups is 1. The van der Waals surface area contributed by atoms with Crippen LogP contribution in [0, 0.1) is 13.7 Å². The smallest absolute Gasteiger partial charge is 0.269 e. The lowest BCUT2D eigenvalue weighted by atomic mass is 10.2. The van der Waals surface area contributed by atoms with Gasteiger partial charge in [-0.05, 0) is 40.8 Å². The molecule has 7 nitrogen and oxygen atoms in total. The lowest BCUT2D eigenvalue weighted by Gasteiger charge is -1.94. The van der Waals surface area contributed by atoms with Crippen molar-refractivity contribution in [3.8, 4) is 5.88 Å². The highest BCUT2D eigenvalue weighted by atomic mass is 127. The first-order valence-corrected chi connectivity index (χ1v) is 7.29. The molecular formula is C14H9IN4O3. The number of azo groups is 1. The normalized spacial score (nSPS) is 11.3. The minimum absolute atomic E-state index is 0.0107. The molecule has 22 heavy (non-hydrogen) atoms. The monoisotopic (exact) mass is 408 g/mol. The SMILES string of the molecule is O=[N+]([O-])c1ccc(N=Nc2c(O)[nH]c3c(I)cccc23)cc1. The first-order valence-electron chi connectivity index (χ1n) is 6.21. The number of nitrogens with one attached hydrogen (secondary N) is 1. The molecule has 0 unspecified atom stereocenters. The number of hydrogen-bond acceptors (Lipinski definition) is 5. The summed E-state index contributed by atoms with van der Waals surface area (Å²) in [6.07, 6.45) is 0. The van der Waals surface area contributed by atoms with E-state index >= 15 is 0 Å². The molecule has 1 aromatic heterocycles. The van der Waals surface area contributed by atoms with E-state index in [9.17, 15) is 15.2 Å². The summed E-state index contributed by atoms with van der Waals surface area (Å²) in [4.78, 5) is 13.0. The van der Waals surface area contributed by atoms with Gasteiger partial charge in [-0.2, -0.15) is 5.11 Å². The molecule has 0 saturated heterocycles. The molecule has 0 saturated carbocycles. The molecule has 2 aromatic carbocycles.